The molecular weight excluding hydrogens is 100 g/mol. The zero-order valence-corrected chi connectivity index (χ0v) is 4.41. The molecule has 0 spiro atoms. The highest BCUT2D eigenvalue weighted by Crippen LogP contribution is 1.53. The van der Waals surface area contributed by atoms with Crippen LogP contribution in [0.1, 0.15) is 0 Å². The highest BCUT2D eigenvalue weighted by Gasteiger charge is 1.47. The van der Waals surface area contributed by atoms with E-state index in [0.717, 1.165) is 0 Å². The summed E-state index contributed by atoms with van der Waals surface area (Å²) < 4.78 is 4.34. The molecule has 8 heavy (non-hydrogen) atoms. The van der Waals surface area contributed by atoms with Crippen LogP contribution in [0.3, 0.4) is 0 Å². The molecule has 0 amide bonds. The molecule has 1 nitrogen and oxygen atoms in total. The van der Waals surface area contributed by atoms with Crippen LogP contribution in [0.15, 0.2) is 0 Å². The van der Waals surface area contributed by atoms with Gasteiger partial charge in [0, 0.05) is 5.92 Å². The van der Waals surface area contributed by atoms with Crippen LogP contribution in [-0.4, -0.2) is 7.11 Å². The third-order valence-electron chi connectivity index (χ3n) is 0.341. The van der Waals surface area contributed by atoms with Crippen LogP contribution < -0.4 is 0 Å². The van der Waals surface area contributed by atoms with Crippen molar-refractivity contribution in [2.45, 2.75) is 0 Å². The first-order valence-corrected chi connectivity index (χ1v) is 1.86. The molecule has 0 radical (unpaired) electrons. The third kappa shape index (κ3) is 4.48. The van der Waals surface area contributed by atoms with Gasteiger partial charge in [-0.15, -0.1) is 5.92 Å². The predicted octanol–water partition coefficient (Wildman–Crippen LogP) is 0.187. The van der Waals surface area contributed by atoms with Gasteiger partial charge in [-0.25, -0.2) is 5.92 Å². The quantitative estimate of drug-likeness (QED) is 0.314. The van der Waals surface area contributed by atoms with Crippen LogP contribution in [0.5, 0.6) is 0 Å². The molecule has 0 N–H and O–H groups in total. The van der Waals surface area contributed by atoms with E-state index in [4.69, 9.17) is 6.42 Å². The normalized spacial score (nSPS) is 4.00. The van der Waals surface area contributed by atoms with E-state index in [-0.39, 0.29) is 0 Å². The second-order valence-corrected chi connectivity index (χ2v) is 0.806. The Morgan fingerprint density at radius 3 is 2.50 bits per heavy atom. The standard InChI is InChI=1S/C7H3O/c1-3-4-5-6-7-8-2/h2H3/q-1. The molecule has 0 saturated heterocycles. The molecule has 1 heteroatoms. The maximum Gasteiger partial charge on any atom is 0.122 e. The Bertz CT molecular complexity index is 199. The van der Waals surface area contributed by atoms with Gasteiger partial charge < -0.3 is 11.2 Å². The number of hydrogen-bond donors (Lipinski definition) is 0. The van der Waals surface area contributed by atoms with Gasteiger partial charge in [0.1, 0.15) is 6.11 Å². The first kappa shape index (κ1) is 6.48. The van der Waals surface area contributed by atoms with E-state index in [0.29, 0.717) is 0 Å². The van der Waals surface area contributed by atoms with Gasteiger partial charge in [0.25, 0.3) is 0 Å². The van der Waals surface area contributed by atoms with E-state index < -0.39 is 0 Å². The van der Waals surface area contributed by atoms with Gasteiger partial charge in [-0.2, -0.15) is 0 Å². The topological polar surface area (TPSA) is 9.23 Å². The molecule has 0 aromatic carbocycles. The van der Waals surface area contributed by atoms with Gasteiger partial charge >= 0.3 is 0 Å². The van der Waals surface area contributed by atoms with Gasteiger partial charge in [0.05, 0.1) is 7.11 Å². The summed E-state index contributed by atoms with van der Waals surface area (Å²) in [5, 5.41) is 0. The third-order valence-corrected chi connectivity index (χ3v) is 0.341. The molecule has 0 aromatic heterocycles. The summed E-state index contributed by atoms with van der Waals surface area (Å²) in [5.41, 5.74) is 0. The van der Waals surface area contributed by atoms with Gasteiger partial charge in [0.2, 0.25) is 0 Å². The Kier molecular flexibility index (Phi) is 4.44. The zero-order chi connectivity index (χ0) is 6.24. The van der Waals surface area contributed by atoms with E-state index in [9.17, 15) is 0 Å². The predicted molar refractivity (Wildman–Crippen MR) is 29.7 cm³/mol. The van der Waals surface area contributed by atoms with E-state index >= 15 is 0 Å². The van der Waals surface area contributed by atoms with Crippen molar-refractivity contribution in [3.63, 3.8) is 0 Å². The molecule has 0 aromatic rings. The second-order valence-electron chi connectivity index (χ2n) is 0.806. The van der Waals surface area contributed by atoms with Crippen molar-refractivity contribution < 1.29 is 4.74 Å². The largest absolute Gasteiger partial charge is 0.449 e. The Balaban J connectivity index is 3.61. The highest BCUT2D eigenvalue weighted by molar-refractivity contribution is 5.31. The molecule has 0 heterocycles. The first-order valence-electron chi connectivity index (χ1n) is 1.86. The summed E-state index contributed by atoms with van der Waals surface area (Å²) in [7, 11) is 1.45. The van der Waals surface area contributed by atoms with Crippen LogP contribution in [0.25, 0.3) is 0 Å². The summed E-state index contributed by atoms with van der Waals surface area (Å²) >= 11 is 0. The minimum atomic E-state index is 1.45. The van der Waals surface area contributed by atoms with Crippen LogP contribution in [0.2, 0.25) is 0 Å². The fourth-order valence-electron chi connectivity index (χ4n) is 0.139. The summed E-state index contributed by atoms with van der Waals surface area (Å²) in [4.78, 5) is 0. The summed E-state index contributed by atoms with van der Waals surface area (Å²) in [6.07, 6.45) is 8.54. The highest BCUT2D eigenvalue weighted by atomic mass is 16.5. The Morgan fingerprint density at radius 2 is 2.00 bits per heavy atom. The summed E-state index contributed by atoms with van der Waals surface area (Å²) in [6, 6.07) is 0. The Labute approximate surface area is 49.0 Å². The lowest BCUT2D eigenvalue weighted by atomic mass is 10.6. The second kappa shape index (κ2) is 5.48. The molecule has 0 atom stereocenters. The van der Waals surface area contributed by atoms with Crippen molar-refractivity contribution in [1.29, 1.82) is 0 Å². The van der Waals surface area contributed by atoms with Gasteiger partial charge in [-0.1, -0.05) is 0 Å². The molecule has 0 fully saturated rings. The molecule has 0 rings (SSSR count). The van der Waals surface area contributed by atoms with Gasteiger partial charge in [-0.3, -0.25) is 5.92 Å². The SMILES string of the molecule is [C-]#CC#CC#COC. The lowest BCUT2D eigenvalue weighted by molar-refractivity contribution is 0.372. The Hall–Kier alpha value is -1.52. The average Bonchev–Trinajstić information content (AvgIpc) is 1.81. The molecule has 0 unspecified atom stereocenters. The van der Waals surface area contributed by atoms with E-state index in [1.54, 1.807) is 0 Å². The molecule has 0 aliphatic heterocycles. The summed E-state index contributed by atoms with van der Waals surface area (Å²) in [5.74, 6) is 8.67. The van der Waals surface area contributed by atoms with E-state index in [1.165, 1.54) is 7.11 Å². The van der Waals surface area contributed by atoms with Crippen molar-refractivity contribution in [2.75, 3.05) is 7.11 Å². The van der Waals surface area contributed by atoms with E-state index in [1.807, 2.05) is 5.92 Å². The van der Waals surface area contributed by atoms with Gasteiger partial charge in [0.15, 0.2) is 0 Å². The molecule has 38 valence electrons. The number of ether oxygens (including phenoxy) is 1. The zero-order valence-electron chi connectivity index (χ0n) is 4.41. The first-order chi connectivity index (χ1) is 3.91. The maximum atomic E-state index is 6.31. The van der Waals surface area contributed by atoms with Crippen molar-refractivity contribution in [1.82, 2.24) is 0 Å². The van der Waals surface area contributed by atoms with Gasteiger partial charge in [-0.05, 0) is 0 Å². The lowest BCUT2D eigenvalue weighted by Crippen LogP contribution is -1.61. The van der Waals surface area contributed by atoms with E-state index in [2.05, 4.69) is 28.6 Å². The maximum absolute atomic E-state index is 6.31. The van der Waals surface area contributed by atoms with Crippen molar-refractivity contribution in [3.05, 3.63) is 6.42 Å². The number of hydrogen-bond acceptors (Lipinski definition) is 1. The van der Waals surface area contributed by atoms with Crippen LogP contribution in [0, 0.1) is 36.2 Å². The Morgan fingerprint density at radius 1 is 1.25 bits per heavy atom. The van der Waals surface area contributed by atoms with Crippen molar-refractivity contribution in [3.8, 4) is 29.8 Å². The lowest BCUT2D eigenvalue weighted by Gasteiger charge is -1.71. The number of methoxy groups -OCH3 is 1. The molecule has 0 saturated carbocycles. The summed E-state index contributed by atoms with van der Waals surface area (Å²) in [6.45, 7) is 0. The fraction of sp³-hybridized carbons (Fsp3) is 0.143. The van der Waals surface area contributed by atoms with Crippen LogP contribution in [0.4, 0.5) is 0 Å². The van der Waals surface area contributed by atoms with Crippen molar-refractivity contribution in [2.24, 2.45) is 0 Å². The molecular formula is C7H3O-. The molecule has 0 bridgehead atoms. The van der Waals surface area contributed by atoms with Crippen molar-refractivity contribution >= 4 is 0 Å². The smallest absolute Gasteiger partial charge is 0.122 e. The van der Waals surface area contributed by atoms with Crippen LogP contribution >= 0.6 is 0 Å². The molecule has 0 aliphatic carbocycles. The number of rotatable bonds is 0. The average molecular weight is 103 g/mol. The minimum Gasteiger partial charge on any atom is -0.449 e. The van der Waals surface area contributed by atoms with Crippen LogP contribution in [-0.2, 0) is 4.74 Å². The monoisotopic (exact) mass is 103 g/mol. The minimum absolute atomic E-state index is 1.45. The molecule has 0 aliphatic rings. The fourth-order valence-corrected chi connectivity index (χ4v) is 0.139.